The minimum Gasteiger partial charge on any atom is -0.479 e. The van der Waals surface area contributed by atoms with E-state index in [1.54, 1.807) is 4.90 Å². The van der Waals surface area contributed by atoms with Crippen molar-refractivity contribution in [1.82, 2.24) is 9.88 Å². The number of amides is 1. The van der Waals surface area contributed by atoms with E-state index in [0.29, 0.717) is 11.6 Å². The second-order valence-electron chi connectivity index (χ2n) is 5.28. The molecule has 20 heavy (non-hydrogen) atoms. The first kappa shape index (κ1) is 14.9. The molecule has 110 valence electrons. The molecule has 1 aliphatic rings. The van der Waals surface area contributed by atoms with Gasteiger partial charge in [0.05, 0.1) is 0 Å². The van der Waals surface area contributed by atoms with Crippen LogP contribution in [-0.2, 0) is 14.3 Å². The molecule has 0 bridgehead atoms. The number of carboxylic acids is 1. The predicted octanol–water partition coefficient (Wildman–Crippen LogP) is 1.46. The number of carbonyl (C=O) groups is 2. The molecule has 1 aliphatic heterocycles. The summed E-state index contributed by atoms with van der Waals surface area (Å²) in [4.78, 5) is 29.4. The van der Waals surface area contributed by atoms with E-state index in [1.165, 1.54) is 11.3 Å². The van der Waals surface area contributed by atoms with Crippen molar-refractivity contribution in [3.8, 4) is 0 Å². The first-order valence-electron chi connectivity index (χ1n) is 6.46. The molecular weight excluding hydrogens is 280 g/mol. The molecular formula is C13H18N2O4S. The van der Waals surface area contributed by atoms with Crippen molar-refractivity contribution < 1.29 is 19.4 Å². The number of carboxylic acid groups (broad SMARTS) is 1. The quantitative estimate of drug-likeness (QED) is 0.910. The Labute approximate surface area is 121 Å². The second kappa shape index (κ2) is 5.88. The zero-order valence-corrected chi connectivity index (χ0v) is 12.5. The Hall–Kier alpha value is -1.47. The van der Waals surface area contributed by atoms with Gasteiger partial charge in [-0.1, -0.05) is 13.8 Å². The molecule has 2 unspecified atom stereocenters. The SMILES string of the molecule is Cc1csc(C2C(C(=O)O)OCC(=O)N2CC(C)C)n1. The monoisotopic (exact) mass is 298 g/mol. The van der Waals surface area contributed by atoms with E-state index in [2.05, 4.69) is 4.98 Å². The van der Waals surface area contributed by atoms with E-state index < -0.39 is 18.1 Å². The third-order valence-corrected chi connectivity index (χ3v) is 4.06. The fourth-order valence-corrected chi connectivity index (χ4v) is 3.17. The van der Waals surface area contributed by atoms with Gasteiger partial charge in [0.1, 0.15) is 17.7 Å². The minimum absolute atomic E-state index is 0.186. The number of morpholine rings is 1. The molecule has 0 radical (unpaired) electrons. The highest BCUT2D eigenvalue weighted by molar-refractivity contribution is 7.09. The summed E-state index contributed by atoms with van der Waals surface area (Å²) in [7, 11) is 0. The molecule has 0 aliphatic carbocycles. The zero-order chi connectivity index (χ0) is 14.9. The number of rotatable bonds is 4. The molecule has 1 amide bonds. The number of aromatic nitrogens is 1. The molecule has 1 N–H and O–H groups in total. The van der Waals surface area contributed by atoms with Crippen LogP contribution in [-0.4, -0.2) is 46.1 Å². The van der Waals surface area contributed by atoms with Crippen LogP contribution in [0.1, 0.15) is 30.6 Å². The first-order valence-corrected chi connectivity index (χ1v) is 7.34. The molecule has 1 aromatic heterocycles. The summed E-state index contributed by atoms with van der Waals surface area (Å²) in [5.41, 5.74) is 0.816. The number of aliphatic carboxylic acids is 1. The van der Waals surface area contributed by atoms with Crippen LogP contribution in [0.15, 0.2) is 5.38 Å². The van der Waals surface area contributed by atoms with Crippen LogP contribution in [0.2, 0.25) is 0 Å². The van der Waals surface area contributed by atoms with Crippen molar-refractivity contribution in [3.05, 3.63) is 16.1 Å². The average Bonchev–Trinajstić information content (AvgIpc) is 2.77. The van der Waals surface area contributed by atoms with Crippen LogP contribution in [0.25, 0.3) is 0 Å². The Morgan fingerprint density at radius 1 is 1.65 bits per heavy atom. The molecule has 1 aromatic rings. The maximum absolute atomic E-state index is 12.1. The Balaban J connectivity index is 2.38. The summed E-state index contributed by atoms with van der Waals surface area (Å²) in [6, 6.07) is -0.644. The number of ether oxygens (including phenoxy) is 1. The van der Waals surface area contributed by atoms with Crippen LogP contribution < -0.4 is 0 Å². The van der Waals surface area contributed by atoms with Crippen molar-refractivity contribution in [3.63, 3.8) is 0 Å². The van der Waals surface area contributed by atoms with E-state index in [1.807, 2.05) is 26.2 Å². The molecule has 1 saturated heterocycles. The molecule has 6 nitrogen and oxygen atoms in total. The van der Waals surface area contributed by atoms with Crippen molar-refractivity contribution in [2.24, 2.45) is 5.92 Å². The number of nitrogens with zero attached hydrogens (tertiary/aromatic N) is 2. The smallest absolute Gasteiger partial charge is 0.335 e. The lowest BCUT2D eigenvalue weighted by Gasteiger charge is -2.38. The van der Waals surface area contributed by atoms with Crippen molar-refractivity contribution in [1.29, 1.82) is 0 Å². The molecule has 0 saturated carbocycles. The van der Waals surface area contributed by atoms with Crippen molar-refractivity contribution in [2.75, 3.05) is 13.2 Å². The maximum Gasteiger partial charge on any atom is 0.335 e. The molecule has 1 fully saturated rings. The van der Waals surface area contributed by atoms with Crippen LogP contribution >= 0.6 is 11.3 Å². The Kier molecular flexibility index (Phi) is 4.39. The number of thiazole rings is 1. The summed E-state index contributed by atoms with van der Waals surface area (Å²) >= 11 is 1.36. The number of hydrogen-bond donors (Lipinski definition) is 1. The second-order valence-corrected chi connectivity index (χ2v) is 6.17. The first-order chi connectivity index (χ1) is 9.40. The molecule has 0 aromatic carbocycles. The van der Waals surface area contributed by atoms with E-state index >= 15 is 0 Å². The summed E-state index contributed by atoms with van der Waals surface area (Å²) in [6.45, 7) is 6.12. The highest BCUT2D eigenvalue weighted by atomic mass is 32.1. The zero-order valence-electron chi connectivity index (χ0n) is 11.7. The Morgan fingerprint density at radius 2 is 2.35 bits per heavy atom. The lowest BCUT2D eigenvalue weighted by atomic mass is 10.1. The average molecular weight is 298 g/mol. The Morgan fingerprint density at radius 3 is 2.85 bits per heavy atom. The lowest BCUT2D eigenvalue weighted by Crippen LogP contribution is -2.52. The molecule has 2 rings (SSSR count). The van der Waals surface area contributed by atoms with E-state index in [9.17, 15) is 14.7 Å². The molecule has 7 heteroatoms. The third-order valence-electron chi connectivity index (χ3n) is 3.02. The summed E-state index contributed by atoms with van der Waals surface area (Å²) < 4.78 is 5.22. The van der Waals surface area contributed by atoms with Gasteiger partial charge in [-0.2, -0.15) is 0 Å². The highest BCUT2D eigenvalue weighted by Crippen LogP contribution is 2.33. The van der Waals surface area contributed by atoms with Crippen molar-refractivity contribution >= 4 is 23.2 Å². The van der Waals surface area contributed by atoms with Gasteiger partial charge in [0.25, 0.3) is 0 Å². The van der Waals surface area contributed by atoms with Gasteiger partial charge in [-0.3, -0.25) is 4.79 Å². The van der Waals surface area contributed by atoms with Crippen LogP contribution in [0.3, 0.4) is 0 Å². The van der Waals surface area contributed by atoms with Gasteiger partial charge in [-0.15, -0.1) is 11.3 Å². The van der Waals surface area contributed by atoms with Gasteiger partial charge < -0.3 is 14.7 Å². The van der Waals surface area contributed by atoms with Crippen LogP contribution in [0, 0.1) is 12.8 Å². The minimum atomic E-state index is -1.07. The van der Waals surface area contributed by atoms with E-state index in [4.69, 9.17) is 4.74 Å². The Bertz CT molecular complexity index is 514. The number of hydrogen-bond acceptors (Lipinski definition) is 5. The maximum atomic E-state index is 12.1. The number of carbonyl (C=O) groups excluding carboxylic acids is 1. The van der Waals surface area contributed by atoms with Gasteiger partial charge in [0.15, 0.2) is 6.10 Å². The van der Waals surface area contributed by atoms with Gasteiger partial charge >= 0.3 is 5.97 Å². The number of aryl methyl sites for hydroxylation is 1. The molecule has 0 spiro atoms. The molecule has 2 heterocycles. The van der Waals surface area contributed by atoms with Gasteiger partial charge in [-0.05, 0) is 12.8 Å². The topological polar surface area (TPSA) is 79.7 Å². The van der Waals surface area contributed by atoms with Crippen LogP contribution in [0.5, 0.6) is 0 Å². The normalized spacial score (nSPS) is 23.4. The summed E-state index contributed by atoms with van der Waals surface area (Å²) in [5, 5.41) is 11.8. The lowest BCUT2D eigenvalue weighted by molar-refractivity contribution is -0.173. The van der Waals surface area contributed by atoms with Gasteiger partial charge in [0.2, 0.25) is 5.91 Å². The fraction of sp³-hybridized carbons (Fsp3) is 0.615. The third kappa shape index (κ3) is 2.99. The molecule has 2 atom stereocenters. The highest BCUT2D eigenvalue weighted by Gasteiger charge is 2.43. The summed E-state index contributed by atoms with van der Waals surface area (Å²) in [6.07, 6.45) is -1.06. The largest absolute Gasteiger partial charge is 0.479 e. The van der Waals surface area contributed by atoms with E-state index in [-0.39, 0.29) is 18.4 Å². The van der Waals surface area contributed by atoms with Crippen molar-refractivity contribution in [2.45, 2.75) is 32.9 Å². The van der Waals surface area contributed by atoms with Gasteiger partial charge in [0, 0.05) is 17.6 Å². The standard InChI is InChI=1S/C13H18N2O4S/c1-7(2)4-15-9(16)5-19-11(13(17)18)10(15)12-14-8(3)6-20-12/h6-7,10-11H,4-5H2,1-3H3,(H,17,18). The van der Waals surface area contributed by atoms with Gasteiger partial charge in [-0.25, -0.2) is 9.78 Å². The van der Waals surface area contributed by atoms with E-state index in [0.717, 1.165) is 5.69 Å². The fourth-order valence-electron chi connectivity index (χ4n) is 2.24. The van der Waals surface area contributed by atoms with Crippen LogP contribution in [0.4, 0.5) is 0 Å². The predicted molar refractivity (Wildman–Crippen MR) is 73.5 cm³/mol. The summed E-state index contributed by atoms with van der Waals surface area (Å²) in [5.74, 6) is -1.01.